The topological polar surface area (TPSA) is 75.7 Å². The third kappa shape index (κ3) is 5.17. The lowest BCUT2D eigenvalue weighted by atomic mass is 10.1. The molecule has 0 saturated carbocycles. The summed E-state index contributed by atoms with van der Waals surface area (Å²) in [6, 6.07) is 17.3. The van der Waals surface area contributed by atoms with E-state index in [9.17, 15) is 14.4 Å². The first kappa shape index (κ1) is 18.2. The zero-order valence-corrected chi connectivity index (χ0v) is 14.1. The maximum Gasteiger partial charge on any atom is 0.326 e. The van der Waals surface area contributed by atoms with Gasteiger partial charge in [0.1, 0.15) is 6.54 Å². The Labute approximate surface area is 146 Å². The SMILES string of the molecule is CN(C)C(=O)[C@@H](OC(=O)CNC(=O)c1ccccc1)c1ccccc1. The van der Waals surface area contributed by atoms with Crippen LogP contribution in [-0.2, 0) is 14.3 Å². The van der Waals surface area contributed by atoms with Gasteiger partial charge < -0.3 is 15.0 Å². The number of nitrogens with zero attached hydrogens (tertiary/aromatic N) is 1. The number of carbonyl (C=O) groups excluding carboxylic acids is 3. The van der Waals surface area contributed by atoms with Gasteiger partial charge in [-0.1, -0.05) is 48.5 Å². The molecule has 0 unspecified atom stereocenters. The third-order valence-corrected chi connectivity index (χ3v) is 3.45. The maximum absolute atomic E-state index is 12.3. The van der Waals surface area contributed by atoms with Crippen molar-refractivity contribution in [3.63, 3.8) is 0 Å². The van der Waals surface area contributed by atoms with E-state index in [1.165, 1.54) is 4.90 Å². The molecule has 2 rings (SSSR count). The lowest BCUT2D eigenvalue weighted by Gasteiger charge is -2.21. The Bertz CT molecular complexity index is 730. The second-order valence-electron chi connectivity index (χ2n) is 5.56. The van der Waals surface area contributed by atoms with Crippen molar-refractivity contribution in [3.8, 4) is 0 Å². The molecule has 0 saturated heterocycles. The molecule has 0 spiro atoms. The number of carbonyl (C=O) groups is 3. The number of hydrogen-bond donors (Lipinski definition) is 1. The van der Waals surface area contributed by atoms with Crippen molar-refractivity contribution in [2.24, 2.45) is 0 Å². The van der Waals surface area contributed by atoms with Crippen LogP contribution in [0.1, 0.15) is 22.0 Å². The Morgan fingerprint density at radius 1 is 0.960 bits per heavy atom. The van der Waals surface area contributed by atoms with Gasteiger partial charge in [0.2, 0.25) is 6.10 Å². The Morgan fingerprint density at radius 3 is 2.08 bits per heavy atom. The molecule has 0 fully saturated rings. The molecule has 0 aliphatic carbocycles. The highest BCUT2D eigenvalue weighted by molar-refractivity contribution is 5.96. The first-order chi connectivity index (χ1) is 12.0. The van der Waals surface area contributed by atoms with Gasteiger partial charge in [0.15, 0.2) is 0 Å². The number of esters is 1. The monoisotopic (exact) mass is 340 g/mol. The lowest BCUT2D eigenvalue weighted by Crippen LogP contribution is -2.35. The molecule has 6 nitrogen and oxygen atoms in total. The number of hydrogen-bond acceptors (Lipinski definition) is 4. The van der Waals surface area contributed by atoms with E-state index in [1.807, 2.05) is 6.07 Å². The molecule has 6 heteroatoms. The number of benzene rings is 2. The Hall–Kier alpha value is -3.15. The predicted molar refractivity (Wildman–Crippen MR) is 92.7 cm³/mol. The highest BCUT2D eigenvalue weighted by atomic mass is 16.5. The van der Waals surface area contributed by atoms with Gasteiger partial charge in [-0.2, -0.15) is 0 Å². The highest BCUT2D eigenvalue weighted by Gasteiger charge is 2.26. The van der Waals surface area contributed by atoms with Crippen molar-refractivity contribution >= 4 is 17.8 Å². The molecule has 2 amide bonds. The van der Waals surface area contributed by atoms with E-state index in [0.717, 1.165) is 0 Å². The van der Waals surface area contributed by atoms with Crippen LogP contribution in [0, 0.1) is 0 Å². The Balaban J connectivity index is 2.00. The van der Waals surface area contributed by atoms with Gasteiger partial charge in [0, 0.05) is 25.2 Å². The van der Waals surface area contributed by atoms with Gasteiger partial charge in [0.05, 0.1) is 0 Å². The average Bonchev–Trinajstić information content (AvgIpc) is 2.65. The summed E-state index contributed by atoms with van der Waals surface area (Å²) in [5, 5.41) is 2.49. The summed E-state index contributed by atoms with van der Waals surface area (Å²) in [5.74, 6) is -1.42. The molecule has 25 heavy (non-hydrogen) atoms. The van der Waals surface area contributed by atoms with Crippen LogP contribution in [-0.4, -0.2) is 43.3 Å². The average molecular weight is 340 g/mol. The summed E-state index contributed by atoms with van der Waals surface area (Å²) in [7, 11) is 3.17. The van der Waals surface area contributed by atoms with E-state index in [-0.39, 0.29) is 18.4 Å². The van der Waals surface area contributed by atoms with Gasteiger partial charge in [-0.3, -0.25) is 14.4 Å². The fourth-order valence-electron chi connectivity index (χ4n) is 2.14. The quantitative estimate of drug-likeness (QED) is 0.814. The zero-order chi connectivity index (χ0) is 18.2. The van der Waals surface area contributed by atoms with E-state index in [4.69, 9.17) is 4.74 Å². The summed E-state index contributed by atoms with van der Waals surface area (Å²) >= 11 is 0. The fraction of sp³-hybridized carbons (Fsp3) is 0.211. The van der Waals surface area contributed by atoms with Crippen LogP contribution in [0.25, 0.3) is 0 Å². The van der Waals surface area contributed by atoms with E-state index in [0.29, 0.717) is 11.1 Å². The first-order valence-electron chi connectivity index (χ1n) is 7.78. The number of nitrogens with one attached hydrogen (secondary N) is 1. The van der Waals surface area contributed by atoms with E-state index < -0.39 is 12.1 Å². The second kappa shape index (κ2) is 8.63. The smallest absolute Gasteiger partial charge is 0.326 e. The summed E-state index contributed by atoms with van der Waals surface area (Å²) in [6.07, 6.45) is -1.04. The summed E-state index contributed by atoms with van der Waals surface area (Å²) in [4.78, 5) is 37.7. The van der Waals surface area contributed by atoms with Gasteiger partial charge in [0.25, 0.3) is 11.8 Å². The molecule has 2 aromatic carbocycles. The minimum atomic E-state index is -1.04. The van der Waals surface area contributed by atoms with Crippen LogP contribution in [0.3, 0.4) is 0 Å². The number of rotatable bonds is 6. The van der Waals surface area contributed by atoms with Crippen LogP contribution < -0.4 is 5.32 Å². The second-order valence-corrected chi connectivity index (χ2v) is 5.56. The Morgan fingerprint density at radius 2 is 1.52 bits per heavy atom. The molecule has 0 heterocycles. The molecule has 0 aliphatic rings. The summed E-state index contributed by atoms with van der Waals surface area (Å²) in [6.45, 7) is -0.322. The fourth-order valence-corrected chi connectivity index (χ4v) is 2.14. The molecule has 0 bridgehead atoms. The molecule has 0 aromatic heterocycles. The number of likely N-dealkylation sites (N-methyl/N-ethyl adjacent to an activating group) is 1. The molecule has 0 aliphatic heterocycles. The van der Waals surface area contributed by atoms with Crippen molar-refractivity contribution in [2.45, 2.75) is 6.10 Å². The highest BCUT2D eigenvalue weighted by Crippen LogP contribution is 2.19. The molecule has 1 N–H and O–H groups in total. The van der Waals surface area contributed by atoms with Crippen molar-refractivity contribution in [2.75, 3.05) is 20.6 Å². The summed E-state index contributed by atoms with van der Waals surface area (Å²) in [5.41, 5.74) is 1.02. The van der Waals surface area contributed by atoms with E-state index in [2.05, 4.69) is 5.32 Å². The zero-order valence-electron chi connectivity index (χ0n) is 14.1. The van der Waals surface area contributed by atoms with Crippen LogP contribution in [0.5, 0.6) is 0 Å². The van der Waals surface area contributed by atoms with Crippen LogP contribution in [0.4, 0.5) is 0 Å². The van der Waals surface area contributed by atoms with Gasteiger partial charge in [-0.25, -0.2) is 0 Å². The van der Waals surface area contributed by atoms with Gasteiger partial charge in [-0.15, -0.1) is 0 Å². The molecule has 130 valence electrons. The van der Waals surface area contributed by atoms with Crippen LogP contribution in [0.2, 0.25) is 0 Å². The summed E-state index contributed by atoms with van der Waals surface area (Å²) < 4.78 is 5.30. The molecule has 0 radical (unpaired) electrons. The molecular formula is C19H20N2O4. The van der Waals surface area contributed by atoms with Gasteiger partial charge in [-0.05, 0) is 12.1 Å². The van der Waals surface area contributed by atoms with Crippen molar-refractivity contribution < 1.29 is 19.1 Å². The van der Waals surface area contributed by atoms with Crippen molar-refractivity contribution in [1.29, 1.82) is 0 Å². The van der Waals surface area contributed by atoms with Crippen LogP contribution >= 0.6 is 0 Å². The minimum absolute atomic E-state index is 0.322. The van der Waals surface area contributed by atoms with Gasteiger partial charge >= 0.3 is 5.97 Å². The number of ether oxygens (including phenoxy) is 1. The largest absolute Gasteiger partial charge is 0.446 e. The molecule has 1 atom stereocenters. The van der Waals surface area contributed by atoms with Crippen molar-refractivity contribution in [3.05, 3.63) is 71.8 Å². The predicted octanol–water partition coefficient (Wildman–Crippen LogP) is 1.79. The standard InChI is InChI=1S/C19H20N2O4/c1-21(2)19(24)17(14-9-5-3-6-10-14)25-16(22)13-20-18(23)15-11-7-4-8-12-15/h3-12,17H,13H2,1-2H3,(H,20,23)/t17-/m0/s1. The number of amides is 2. The van der Waals surface area contributed by atoms with E-state index in [1.54, 1.807) is 68.7 Å². The Kier molecular flexibility index (Phi) is 6.28. The lowest BCUT2D eigenvalue weighted by molar-refractivity contribution is -0.158. The van der Waals surface area contributed by atoms with Crippen LogP contribution in [0.15, 0.2) is 60.7 Å². The minimum Gasteiger partial charge on any atom is -0.446 e. The third-order valence-electron chi connectivity index (χ3n) is 3.45. The molecular weight excluding hydrogens is 320 g/mol. The first-order valence-corrected chi connectivity index (χ1v) is 7.78. The molecule has 2 aromatic rings. The normalized spacial score (nSPS) is 11.3. The van der Waals surface area contributed by atoms with Crippen molar-refractivity contribution in [1.82, 2.24) is 10.2 Å². The van der Waals surface area contributed by atoms with E-state index >= 15 is 0 Å². The maximum atomic E-state index is 12.3.